The Balaban J connectivity index is 2.59. The van der Waals surface area contributed by atoms with E-state index >= 15 is 0 Å². The van der Waals surface area contributed by atoms with Gasteiger partial charge in [-0.1, -0.05) is 17.7 Å². The molecule has 108 valence electrons. The van der Waals surface area contributed by atoms with Crippen LogP contribution in [0.4, 0.5) is 4.39 Å². The van der Waals surface area contributed by atoms with E-state index < -0.39 is 26.8 Å². The SMILES string of the molecule is CC(O)CNCCNS(=O)(=O)c1cccc(Cl)c1F. The number of rotatable bonds is 7. The van der Waals surface area contributed by atoms with Crippen LogP contribution in [0.1, 0.15) is 6.92 Å². The summed E-state index contributed by atoms with van der Waals surface area (Å²) < 4.78 is 39.5. The van der Waals surface area contributed by atoms with Crippen LogP contribution in [0.5, 0.6) is 0 Å². The van der Waals surface area contributed by atoms with Crippen LogP contribution in [0, 0.1) is 5.82 Å². The van der Waals surface area contributed by atoms with Crippen LogP contribution < -0.4 is 10.0 Å². The van der Waals surface area contributed by atoms with Crippen molar-refractivity contribution in [3.8, 4) is 0 Å². The lowest BCUT2D eigenvalue weighted by Gasteiger charge is -2.09. The van der Waals surface area contributed by atoms with Gasteiger partial charge in [0.05, 0.1) is 11.1 Å². The zero-order valence-corrected chi connectivity index (χ0v) is 11.9. The summed E-state index contributed by atoms with van der Waals surface area (Å²) in [5.74, 6) is -0.964. The minimum Gasteiger partial charge on any atom is -0.392 e. The Bertz CT molecular complexity index is 523. The van der Waals surface area contributed by atoms with Crippen molar-refractivity contribution in [2.24, 2.45) is 0 Å². The molecule has 0 heterocycles. The molecule has 0 saturated carbocycles. The Morgan fingerprint density at radius 1 is 1.42 bits per heavy atom. The van der Waals surface area contributed by atoms with E-state index in [1.165, 1.54) is 12.1 Å². The zero-order valence-electron chi connectivity index (χ0n) is 10.4. The predicted octanol–water partition coefficient (Wildman–Crippen LogP) is 0.728. The van der Waals surface area contributed by atoms with E-state index in [2.05, 4.69) is 10.0 Å². The van der Waals surface area contributed by atoms with Crippen molar-refractivity contribution in [3.63, 3.8) is 0 Å². The fourth-order valence-electron chi connectivity index (χ4n) is 1.35. The molecule has 1 unspecified atom stereocenters. The minimum absolute atomic E-state index is 0.0843. The van der Waals surface area contributed by atoms with E-state index in [4.69, 9.17) is 16.7 Å². The fourth-order valence-corrected chi connectivity index (χ4v) is 2.71. The summed E-state index contributed by atoms with van der Waals surface area (Å²) in [5.41, 5.74) is 0. The summed E-state index contributed by atoms with van der Waals surface area (Å²) in [5, 5.41) is 11.6. The van der Waals surface area contributed by atoms with E-state index in [0.29, 0.717) is 13.1 Å². The summed E-state index contributed by atoms with van der Waals surface area (Å²) >= 11 is 5.53. The van der Waals surface area contributed by atoms with Crippen molar-refractivity contribution in [2.45, 2.75) is 17.9 Å². The highest BCUT2D eigenvalue weighted by atomic mass is 35.5. The van der Waals surface area contributed by atoms with Crippen LogP contribution in [0.3, 0.4) is 0 Å². The molecule has 8 heteroatoms. The monoisotopic (exact) mass is 310 g/mol. The standard InChI is InChI=1S/C11H16ClFN2O3S/c1-8(16)7-14-5-6-15-19(17,18)10-4-2-3-9(12)11(10)13/h2-4,8,14-16H,5-7H2,1H3. The summed E-state index contributed by atoms with van der Waals surface area (Å²) in [7, 11) is -3.93. The Morgan fingerprint density at radius 3 is 2.74 bits per heavy atom. The van der Waals surface area contributed by atoms with Gasteiger partial charge in [-0.15, -0.1) is 0 Å². The molecule has 1 rings (SSSR count). The number of nitrogens with one attached hydrogen (secondary N) is 2. The summed E-state index contributed by atoms with van der Waals surface area (Å²) in [6.45, 7) is 2.37. The first-order valence-electron chi connectivity index (χ1n) is 5.67. The number of hydrogen-bond acceptors (Lipinski definition) is 4. The van der Waals surface area contributed by atoms with Crippen molar-refractivity contribution in [1.29, 1.82) is 0 Å². The lowest BCUT2D eigenvalue weighted by Crippen LogP contribution is -2.34. The van der Waals surface area contributed by atoms with Gasteiger partial charge in [0.1, 0.15) is 4.90 Å². The van der Waals surface area contributed by atoms with E-state index in [1.54, 1.807) is 6.92 Å². The average Bonchev–Trinajstić information content (AvgIpc) is 2.31. The van der Waals surface area contributed by atoms with Crippen molar-refractivity contribution < 1.29 is 17.9 Å². The smallest absolute Gasteiger partial charge is 0.243 e. The van der Waals surface area contributed by atoms with Gasteiger partial charge in [-0.3, -0.25) is 0 Å². The Hall–Kier alpha value is -0.730. The van der Waals surface area contributed by atoms with Gasteiger partial charge in [0.15, 0.2) is 5.82 Å². The molecule has 5 nitrogen and oxygen atoms in total. The van der Waals surface area contributed by atoms with Crippen molar-refractivity contribution in [1.82, 2.24) is 10.0 Å². The zero-order chi connectivity index (χ0) is 14.5. The molecule has 0 fully saturated rings. The second-order valence-electron chi connectivity index (χ2n) is 4.00. The van der Waals surface area contributed by atoms with Crippen LogP contribution >= 0.6 is 11.6 Å². The number of sulfonamides is 1. The third kappa shape index (κ3) is 5.04. The highest BCUT2D eigenvalue weighted by Crippen LogP contribution is 2.21. The lowest BCUT2D eigenvalue weighted by atomic mass is 10.3. The minimum atomic E-state index is -3.93. The van der Waals surface area contributed by atoms with Crippen LogP contribution in [0.25, 0.3) is 0 Å². The Kier molecular flexibility index (Phi) is 6.15. The molecule has 0 aliphatic heterocycles. The van der Waals surface area contributed by atoms with Gasteiger partial charge in [-0.2, -0.15) is 0 Å². The van der Waals surface area contributed by atoms with Crippen LogP contribution in [-0.2, 0) is 10.0 Å². The largest absolute Gasteiger partial charge is 0.392 e. The molecule has 3 N–H and O–H groups in total. The molecular formula is C11H16ClFN2O3S. The summed E-state index contributed by atoms with van der Waals surface area (Å²) in [6.07, 6.45) is -0.512. The van der Waals surface area contributed by atoms with Gasteiger partial charge in [0.25, 0.3) is 0 Å². The third-order valence-electron chi connectivity index (χ3n) is 2.24. The van der Waals surface area contributed by atoms with Gasteiger partial charge in [-0.05, 0) is 19.1 Å². The Labute approximate surface area is 116 Å². The number of aliphatic hydroxyl groups excluding tert-OH is 1. The summed E-state index contributed by atoms with van der Waals surface area (Å²) in [6, 6.07) is 3.79. The molecule has 1 atom stereocenters. The topological polar surface area (TPSA) is 78.4 Å². The molecule has 0 aliphatic rings. The second-order valence-corrected chi connectivity index (χ2v) is 6.15. The van der Waals surface area contributed by atoms with Gasteiger partial charge in [0, 0.05) is 19.6 Å². The van der Waals surface area contributed by atoms with Crippen LogP contribution in [-0.4, -0.2) is 39.3 Å². The maximum atomic E-state index is 13.6. The number of aliphatic hydroxyl groups is 1. The first-order valence-corrected chi connectivity index (χ1v) is 7.53. The van der Waals surface area contributed by atoms with Crippen molar-refractivity contribution in [3.05, 3.63) is 29.0 Å². The van der Waals surface area contributed by atoms with E-state index in [1.807, 2.05) is 0 Å². The van der Waals surface area contributed by atoms with Crippen LogP contribution in [0.15, 0.2) is 23.1 Å². The van der Waals surface area contributed by atoms with Crippen molar-refractivity contribution >= 4 is 21.6 Å². The Morgan fingerprint density at radius 2 is 2.11 bits per heavy atom. The van der Waals surface area contributed by atoms with Gasteiger partial charge >= 0.3 is 0 Å². The first kappa shape index (κ1) is 16.3. The molecule has 0 spiro atoms. The average molecular weight is 311 g/mol. The quantitative estimate of drug-likeness (QED) is 0.649. The molecule has 0 aliphatic carbocycles. The number of halogens is 2. The first-order chi connectivity index (χ1) is 8.84. The van der Waals surface area contributed by atoms with E-state index in [9.17, 15) is 12.8 Å². The lowest BCUT2D eigenvalue weighted by molar-refractivity contribution is 0.192. The predicted molar refractivity (Wildman–Crippen MR) is 71.1 cm³/mol. The normalized spacial score (nSPS) is 13.5. The molecule has 0 radical (unpaired) electrons. The van der Waals surface area contributed by atoms with Gasteiger partial charge in [0.2, 0.25) is 10.0 Å². The molecule has 0 saturated heterocycles. The number of benzene rings is 1. The highest BCUT2D eigenvalue weighted by molar-refractivity contribution is 7.89. The molecule has 1 aromatic rings. The maximum absolute atomic E-state index is 13.6. The maximum Gasteiger partial charge on any atom is 0.243 e. The van der Waals surface area contributed by atoms with Crippen LogP contribution in [0.2, 0.25) is 5.02 Å². The van der Waals surface area contributed by atoms with E-state index in [-0.39, 0.29) is 11.6 Å². The summed E-state index contributed by atoms with van der Waals surface area (Å²) in [4.78, 5) is -0.476. The molecule has 1 aromatic carbocycles. The fraction of sp³-hybridized carbons (Fsp3) is 0.455. The molecule has 0 aromatic heterocycles. The molecule has 0 amide bonds. The second kappa shape index (κ2) is 7.16. The highest BCUT2D eigenvalue weighted by Gasteiger charge is 2.19. The van der Waals surface area contributed by atoms with Gasteiger partial charge in [-0.25, -0.2) is 17.5 Å². The molecule has 19 heavy (non-hydrogen) atoms. The molecule has 0 bridgehead atoms. The number of hydrogen-bond donors (Lipinski definition) is 3. The third-order valence-corrected chi connectivity index (χ3v) is 4.01. The molecular weight excluding hydrogens is 295 g/mol. The van der Waals surface area contributed by atoms with Crippen molar-refractivity contribution in [2.75, 3.05) is 19.6 Å². The van der Waals surface area contributed by atoms with Gasteiger partial charge < -0.3 is 10.4 Å². The van der Waals surface area contributed by atoms with E-state index in [0.717, 1.165) is 6.07 Å².